The molecule has 0 radical (unpaired) electrons. The molecule has 0 aliphatic heterocycles. The van der Waals surface area contributed by atoms with Crippen LogP contribution in [-0.2, 0) is 0 Å². The highest BCUT2D eigenvalue weighted by Gasteiger charge is 2.17. The van der Waals surface area contributed by atoms with Gasteiger partial charge in [-0.05, 0) is 30.0 Å². The lowest BCUT2D eigenvalue weighted by Crippen LogP contribution is -2.08. The molecule has 3 aromatic rings. The molecular formula is C15H12N2O2S. The molecule has 0 saturated carbocycles. The lowest BCUT2D eigenvalue weighted by molar-refractivity contribution is 0.0687. The van der Waals surface area contributed by atoms with Crippen LogP contribution in [0.1, 0.15) is 16.1 Å². The SMILES string of the molecule is Cc1ccccc1-n1nc(-c2cccs2)cc1C(=O)O. The van der Waals surface area contributed by atoms with E-state index in [-0.39, 0.29) is 5.69 Å². The minimum atomic E-state index is -0.983. The van der Waals surface area contributed by atoms with Crippen molar-refractivity contribution < 1.29 is 9.90 Å². The second-order valence-corrected chi connectivity index (χ2v) is 5.34. The van der Waals surface area contributed by atoms with Crippen LogP contribution in [0.3, 0.4) is 0 Å². The van der Waals surface area contributed by atoms with Gasteiger partial charge in [0, 0.05) is 6.07 Å². The summed E-state index contributed by atoms with van der Waals surface area (Å²) in [6.07, 6.45) is 0. The van der Waals surface area contributed by atoms with E-state index in [1.165, 1.54) is 4.68 Å². The van der Waals surface area contributed by atoms with Crippen LogP contribution in [0.5, 0.6) is 0 Å². The summed E-state index contributed by atoms with van der Waals surface area (Å²) in [5.74, 6) is -0.983. The molecule has 1 aromatic carbocycles. The fourth-order valence-electron chi connectivity index (χ4n) is 2.06. The lowest BCUT2D eigenvalue weighted by atomic mass is 10.2. The summed E-state index contributed by atoms with van der Waals surface area (Å²) in [6.45, 7) is 1.94. The molecule has 2 aromatic heterocycles. The molecule has 0 spiro atoms. The fraction of sp³-hybridized carbons (Fsp3) is 0.0667. The normalized spacial score (nSPS) is 10.7. The van der Waals surface area contributed by atoms with Gasteiger partial charge >= 0.3 is 5.97 Å². The number of aryl methyl sites for hydroxylation is 1. The third-order valence-electron chi connectivity index (χ3n) is 3.05. The topological polar surface area (TPSA) is 55.1 Å². The Labute approximate surface area is 119 Å². The van der Waals surface area contributed by atoms with E-state index in [1.807, 2.05) is 48.7 Å². The zero-order valence-electron chi connectivity index (χ0n) is 10.8. The number of para-hydroxylation sites is 1. The molecule has 0 aliphatic carbocycles. The second kappa shape index (κ2) is 4.94. The Kier molecular flexibility index (Phi) is 3.12. The van der Waals surface area contributed by atoms with Crippen LogP contribution in [0.15, 0.2) is 47.8 Å². The van der Waals surface area contributed by atoms with Crippen LogP contribution in [0.2, 0.25) is 0 Å². The Morgan fingerprint density at radius 1 is 1.25 bits per heavy atom. The Balaban J connectivity index is 2.20. The highest BCUT2D eigenvalue weighted by atomic mass is 32.1. The quantitative estimate of drug-likeness (QED) is 0.799. The van der Waals surface area contributed by atoms with E-state index < -0.39 is 5.97 Å². The van der Waals surface area contributed by atoms with Crippen molar-refractivity contribution in [2.75, 3.05) is 0 Å². The van der Waals surface area contributed by atoms with E-state index >= 15 is 0 Å². The summed E-state index contributed by atoms with van der Waals surface area (Å²) in [4.78, 5) is 12.4. The molecule has 4 nitrogen and oxygen atoms in total. The standard InChI is InChI=1S/C15H12N2O2S/c1-10-5-2-3-6-12(10)17-13(15(18)19)9-11(16-17)14-7-4-8-20-14/h2-9H,1H3,(H,18,19). The zero-order valence-corrected chi connectivity index (χ0v) is 11.6. The molecule has 20 heavy (non-hydrogen) atoms. The maximum atomic E-state index is 11.4. The maximum Gasteiger partial charge on any atom is 0.354 e. The minimum Gasteiger partial charge on any atom is -0.477 e. The van der Waals surface area contributed by atoms with Gasteiger partial charge in [0.1, 0.15) is 5.69 Å². The molecule has 0 aliphatic rings. The van der Waals surface area contributed by atoms with Gasteiger partial charge in [-0.1, -0.05) is 24.3 Å². The van der Waals surface area contributed by atoms with Crippen molar-refractivity contribution in [3.8, 4) is 16.3 Å². The van der Waals surface area contributed by atoms with Gasteiger partial charge in [-0.3, -0.25) is 0 Å². The molecule has 0 atom stereocenters. The molecule has 2 heterocycles. The van der Waals surface area contributed by atoms with Crippen molar-refractivity contribution in [3.05, 3.63) is 59.1 Å². The van der Waals surface area contributed by atoms with Gasteiger partial charge in [0.2, 0.25) is 0 Å². The number of carboxylic acid groups (broad SMARTS) is 1. The number of carboxylic acids is 1. The summed E-state index contributed by atoms with van der Waals surface area (Å²) in [5, 5.41) is 15.8. The van der Waals surface area contributed by atoms with Gasteiger partial charge in [0.15, 0.2) is 5.69 Å². The number of benzene rings is 1. The maximum absolute atomic E-state index is 11.4. The number of nitrogens with zero attached hydrogens (tertiary/aromatic N) is 2. The third kappa shape index (κ3) is 2.12. The molecular weight excluding hydrogens is 272 g/mol. The largest absolute Gasteiger partial charge is 0.477 e. The second-order valence-electron chi connectivity index (χ2n) is 4.40. The first-order valence-electron chi connectivity index (χ1n) is 6.10. The Morgan fingerprint density at radius 3 is 2.70 bits per heavy atom. The summed E-state index contributed by atoms with van der Waals surface area (Å²) in [6, 6.07) is 13.1. The van der Waals surface area contributed by atoms with Crippen molar-refractivity contribution in [3.63, 3.8) is 0 Å². The minimum absolute atomic E-state index is 0.169. The van der Waals surface area contributed by atoms with Crippen molar-refractivity contribution in [2.24, 2.45) is 0 Å². The van der Waals surface area contributed by atoms with Gasteiger partial charge in [-0.25, -0.2) is 9.48 Å². The van der Waals surface area contributed by atoms with Crippen LogP contribution in [0, 0.1) is 6.92 Å². The number of aromatic nitrogens is 2. The molecule has 0 saturated heterocycles. The van der Waals surface area contributed by atoms with E-state index in [0.29, 0.717) is 5.69 Å². The number of aromatic carboxylic acids is 1. The average Bonchev–Trinajstić information content (AvgIpc) is 3.08. The summed E-state index contributed by atoms with van der Waals surface area (Å²) < 4.78 is 1.49. The predicted octanol–water partition coefficient (Wildman–Crippen LogP) is 3.61. The van der Waals surface area contributed by atoms with Crippen LogP contribution in [0.4, 0.5) is 0 Å². The van der Waals surface area contributed by atoms with Crippen molar-refractivity contribution in [1.29, 1.82) is 0 Å². The van der Waals surface area contributed by atoms with E-state index in [1.54, 1.807) is 17.4 Å². The molecule has 0 bridgehead atoms. The first-order valence-corrected chi connectivity index (χ1v) is 6.98. The zero-order chi connectivity index (χ0) is 14.1. The Hall–Kier alpha value is -2.40. The van der Waals surface area contributed by atoms with Crippen LogP contribution in [0.25, 0.3) is 16.3 Å². The van der Waals surface area contributed by atoms with Crippen LogP contribution < -0.4 is 0 Å². The fourth-order valence-corrected chi connectivity index (χ4v) is 2.74. The molecule has 1 N–H and O–H groups in total. The number of hydrogen-bond acceptors (Lipinski definition) is 3. The first kappa shape index (κ1) is 12.6. The Bertz CT molecular complexity index is 760. The van der Waals surface area contributed by atoms with Gasteiger partial charge in [0.05, 0.1) is 10.6 Å². The van der Waals surface area contributed by atoms with Crippen molar-refractivity contribution in [2.45, 2.75) is 6.92 Å². The van der Waals surface area contributed by atoms with Crippen LogP contribution >= 0.6 is 11.3 Å². The monoisotopic (exact) mass is 284 g/mol. The van der Waals surface area contributed by atoms with Gasteiger partial charge < -0.3 is 5.11 Å². The number of hydrogen-bond donors (Lipinski definition) is 1. The average molecular weight is 284 g/mol. The van der Waals surface area contributed by atoms with Crippen LogP contribution in [-0.4, -0.2) is 20.9 Å². The van der Waals surface area contributed by atoms with Gasteiger partial charge in [0.25, 0.3) is 0 Å². The molecule has 5 heteroatoms. The molecule has 0 amide bonds. The van der Waals surface area contributed by atoms with Gasteiger partial charge in [-0.2, -0.15) is 5.10 Å². The predicted molar refractivity (Wildman–Crippen MR) is 78.6 cm³/mol. The molecule has 0 unspecified atom stereocenters. The van der Waals surface area contributed by atoms with Gasteiger partial charge in [-0.15, -0.1) is 11.3 Å². The van der Waals surface area contributed by atoms with E-state index in [4.69, 9.17) is 0 Å². The van der Waals surface area contributed by atoms with Crippen molar-refractivity contribution in [1.82, 2.24) is 9.78 Å². The Morgan fingerprint density at radius 2 is 2.05 bits per heavy atom. The third-order valence-corrected chi connectivity index (χ3v) is 3.94. The highest BCUT2D eigenvalue weighted by Crippen LogP contribution is 2.26. The number of carbonyl (C=O) groups is 1. The lowest BCUT2D eigenvalue weighted by Gasteiger charge is -2.07. The van der Waals surface area contributed by atoms with E-state index in [0.717, 1.165) is 16.1 Å². The summed E-state index contributed by atoms with van der Waals surface area (Å²) in [7, 11) is 0. The molecule has 100 valence electrons. The van der Waals surface area contributed by atoms with E-state index in [2.05, 4.69) is 5.10 Å². The summed E-state index contributed by atoms with van der Waals surface area (Å²) >= 11 is 1.54. The first-order chi connectivity index (χ1) is 9.66. The van der Waals surface area contributed by atoms with E-state index in [9.17, 15) is 9.90 Å². The summed E-state index contributed by atoms with van der Waals surface area (Å²) in [5.41, 5.74) is 2.62. The molecule has 3 rings (SSSR count). The molecule has 0 fully saturated rings. The number of rotatable bonds is 3. The smallest absolute Gasteiger partial charge is 0.354 e. The number of thiophene rings is 1. The highest BCUT2D eigenvalue weighted by molar-refractivity contribution is 7.13. The van der Waals surface area contributed by atoms with Crippen molar-refractivity contribution >= 4 is 17.3 Å².